The van der Waals surface area contributed by atoms with E-state index in [0.717, 1.165) is 21.9 Å². The van der Waals surface area contributed by atoms with Gasteiger partial charge in [0.05, 0.1) is 69.7 Å². The van der Waals surface area contributed by atoms with Gasteiger partial charge in [0, 0.05) is 46.1 Å². The van der Waals surface area contributed by atoms with Crippen molar-refractivity contribution in [1.29, 1.82) is 0 Å². The molecule has 0 aliphatic heterocycles. The highest BCUT2D eigenvalue weighted by molar-refractivity contribution is 6.10. The van der Waals surface area contributed by atoms with E-state index in [1.54, 1.807) is 60.7 Å². The Balaban J connectivity index is 0.000000239. The molecule has 8 aromatic rings. The number of aromatic carboxylic acids is 1. The first kappa shape index (κ1) is 60.0. The minimum atomic E-state index is -1.16. The van der Waals surface area contributed by atoms with Crippen molar-refractivity contribution in [1.82, 2.24) is 9.97 Å². The van der Waals surface area contributed by atoms with Crippen LogP contribution in [0.1, 0.15) is 73.6 Å². The molecular weight excluding hydrogens is 1070 g/mol. The van der Waals surface area contributed by atoms with Gasteiger partial charge in [-0.3, -0.25) is 10.6 Å². The summed E-state index contributed by atoms with van der Waals surface area (Å²) < 4.78 is 37.4. The smallest absolute Gasteiger partial charge is 0.411 e. The van der Waals surface area contributed by atoms with E-state index in [9.17, 15) is 33.9 Å². The number of esters is 1. The lowest BCUT2D eigenvalue weighted by Gasteiger charge is -2.24. The number of hydrogen-bond donors (Lipinski definition) is 7. The lowest BCUT2D eigenvalue weighted by atomic mass is 9.86. The van der Waals surface area contributed by atoms with Crippen LogP contribution in [0.3, 0.4) is 0 Å². The van der Waals surface area contributed by atoms with Crippen molar-refractivity contribution < 1.29 is 67.0 Å². The number of methoxy groups -OCH3 is 5. The predicted octanol–water partition coefficient (Wildman–Crippen LogP) is 13.8. The van der Waals surface area contributed by atoms with Gasteiger partial charge in [0.1, 0.15) is 23.0 Å². The van der Waals surface area contributed by atoms with E-state index in [0.29, 0.717) is 67.9 Å². The third kappa shape index (κ3) is 15.0. The molecule has 0 saturated heterocycles. The molecule has 2 aromatic heterocycles. The summed E-state index contributed by atoms with van der Waals surface area (Å²) in [6.07, 6.45) is 1.47. The number of pyridine rings is 2. The normalized spacial score (nSPS) is 10.9. The molecule has 0 saturated carbocycles. The fourth-order valence-corrected chi connectivity index (χ4v) is 8.28. The molecule has 6 amide bonds. The Morgan fingerprint density at radius 3 is 1.14 bits per heavy atom. The molecule has 0 atom stereocenters. The van der Waals surface area contributed by atoms with Crippen LogP contribution in [0.4, 0.5) is 53.3 Å². The van der Waals surface area contributed by atoms with E-state index < -0.39 is 36.2 Å². The second-order valence-corrected chi connectivity index (χ2v) is 20.2. The molecule has 83 heavy (non-hydrogen) atoms. The maximum Gasteiger partial charge on any atom is 0.411 e. The number of anilines is 6. The Labute approximate surface area is 477 Å². The average Bonchev–Trinajstić information content (AvgIpc) is 3.51. The number of urea groups is 2. The Hall–Kier alpha value is -10.6. The third-order valence-electron chi connectivity index (χ3n) is 12.5. The van der Waals surface area contributed by atoms with Crippen LogP contribution in [-0.4, -0.2) is 86.8 Å². The van der Waals surface area contributed by atoms with Crippen LogP contribution < -0.4 is 50.8 Å². The number of fused-ring (bicyclic) bond motifs is 2. The largest absolute Gasteiger partial charge is 0.492 e. The number of carboxylic acid groups (broad SMARTS) is 1. The van der Waals surface area contributed by atoms with Gasteiger partial charge in [0.15, 0.2) is 22.9 Å². The van der Waals surface area contributed by atoms with E-state index in [1.165, 1.54) is 60.1 Å². The summed E-state index contributed by atoms with van der Waals surface area (Å²) in [6.45, 7) is 12.1. The topological polar surface area (TPSA) is 285 Å². The number of benzene rings is 6. The van der Waals surface area contributed by atoms with Gasteiger partial charge in [-0.25, -0.2) is 38.7 Å². The Kier molecular flexibility index (Phi) is 18.9. The number of hydrogen-bond acceptors (Lipinski definition) is 15. The Morgan fingerprint density at radius 2 is 0.783 bits per heavy atom. The number of carboxylic acids is 1. The number of carbonyl (C=O) groups excluding carboxylic acids is 5. The number of nitrogens with zero attached hydrogens (tertiary/aromatic N) is 2. The first-order chi connectivity index (χ1) is 39.5. The second kappa shape index (κ2) is 26.1. The molecule has 430 valence electrons. The minimum absolute atomic E-state index is 0.116. The van der Waals surface area contributed by atoms with Crippen LogP contribution in [-0.2, 0) is 25.0 Å². The molecule has 0 aliphatic rings. The summed E-state index contributed by atoms with van der Waals surface area (Å²) in [5, 5.41) is 28.8. The zero-order valence-electron chi connectivity index (χ0n) is 47.4. The number of ether oxygens (including phenoxy) is 7. The van der Waals surface area contributed by atoms with Crippen molar-refractivity contribution in [2.45, 2.75) is 52.4 Å². The van der Waals surface area contributed by atoms with Crippen molar-refractivity contribution in [2.24, 2.45) is 0 Å². The molecule has 0 unspecified atom stereocenters. The van der Waals surface area contributed by atoms with E-state index in [4.69, 9.17) is 33.2 Å². The highest BCUT2D eigenvalue weighted by Crippen LogP contribution is 2.42. The highest BCUT2D eigenvalue weighted by atomic mass is 16.5. The molecule has 2 heterocycles. The average molecular weight is 1130 g/mol. The number of nitrogens with one attached hydrogen (secondary N) is 6. The molecule has 0 aliphatic carbocycles. The summed E-state index contributed by atoms with van der Waals surface area (Å²) in [6, 6.07) is 33.6. The first-order valence-corrected chi connectivity index (χ1v) is 25.5. The lowest BCUT2D eigenvalue weighted by Crippen LogP contribution is -2.22. The van der Waals surface area contributed by atoms with Gasteiger partial charge < -0.3 is 59.5 Å². The minimum Gasteiger partial charge on any atom is -0.492 e. The summed E-state index contributed by atoms with van der Waals surface area (Å²) >= 11 is 0. The van der Waals surface area contributed by atoms with E-state index >= 15 is 0 Å². The van der Waals surface area contributed by atoms with Gasteiger partial charge in [-0.05, 0) is 82.6 Å². The van der Waals surface area contributed by atoms with Crippen molar-refractivity contribution in [3.05, 3.63) is 156 Å². The molecule has 0 bridgehead atoms. The summed E-state index contributed by atoms with van der Waals surface area (Å²) in [5.41, 5.74) is 3.49. The van der Waals surface area contributed by atoms with Crippen LogP contribution in [0.2, 0.25) is 0 Å². The Morgan fingerprint density at radius 1 is 0.422 bits per heavy atom. The van der Waals surface area contributed by atoms with Gasteiger partial charge in [-0.1, -0.05) is 90.1 Å². The standard InChI is InChI=1S/C31H32N4O7.C30H30N4O7/c1-31(2,3)18-15-23(27(39-4)24(16-18)35-30(38)41-6)34-29(37)33-22-11-12-26(21-10-8-7-9-20(21)22)42-19-13-14-32-25(17-19)28(36)40-5;1-30(2,3)17-14-22(26(39-4)23(15-17)34-29(38)40-5)33-28(37)32-21-10-11-25(20-9-7-6-8-19(20)21)41-18-12-13-31-24(16-18)27(35)36/h7-17H,1-6H3,(H,35,38)(H2,33,34,37);6-16H,1-5H3,(H,34,38)(H,35,36)(H2,32,33,37). The van der Waals surface area contributed by atoms with Crippen LogP contribution in [0.15, 0.2) is 134 Å². The zero-order valence-corrected chi connectivity index (χ0v) is 47.4. The highest BCUT2D eigenvalue weighted by Gasteiger charge is 2.25. The van der Waals surface area contributed by atoms with Crippen LogP contribution in [0.25, 0.3) is 21.5 Å². The van der Waals surface area contributed by atoms with E-state index in [2.05, 4.69) is 41.9 Å². The molecule has 22 nitrogen and oxygen atoms in total. The predicted molar refractivity (Wildman–Crippen MR) is 316 cm³/mol. The van der Waals surface area contributed by atoms with Crippen molar-refractivity contribution in [3.8, 4) is 34.5 Å². The van der Waals surface area contributed by atoms with Crippen molar-refractivity contribution >= 4 is 91.9 Å². The first-order valence-electron chi connectivity index (χ1n) is 25.5. The van der Waals surface area contributed by atoms with Gasteiger partial charge in [0.2, 0.25) is 0 Å². The maximum absolute atomic E-state index is 13.3. The number of rotatable bonds is 14. The van der Waals surface area contributed by atoms with Crippen molar-refractivity contribution in [3.63, 3.8) is 0 Å². The maximum atomic E-state index is 13.3. The fraction of sp³-hybridized carbons (Fsp3) is 0.213. The molecule has 6 aromatic carbocycles. The van der Waals surface area contributed by atoms with Crippen LogP contribution in [0, 0.1) is 0 Å². The third-order valence-corrected chi connectivity index (χ3v) is 12.5. The zero-order chi connectivity index (χ0) is 60.2. The lowest BCUT2D eigenvalue weighted by molar-refractivity contribution is 0.0592. The quantitative estimate of drug-likeness (QED) is 0.0393. The molecule has 22 heteroatoms. The van der Waals surface area contributed by atoms with Crippen molar-refractivity contribution in [2.75, 3.05) is 67.4 Å². The number of amides is 6. The van der Waals surface area contributed by atoms with E-state index in [-0.39, 0.29) is 33.7 Å². The molecule has 0 spiro atoms. The van der Waals surface area contributed by atoms with Gasteiger partial charge >= 0.3 is 36.2 Å². The van der Waals surface area contributed by atoms with Gasteiger partial charge in [0.25, 0.3) is 0 Å². The molecular formula is C61H62N8O14. The summed E-state index contributed by atoms with van der Waals surface area (Å²) in [5.74, 6) is 0.465. The second-order valence-electron chi connectivity index (χ2n) is 20.2. The monoisotopic (exact) mass is 1130 g/mol. The van der Waals surface area contributed by atoms with Gasteiger partial charge in [-0.15, -0.1) is 0 Å². The molecule has 8 rings (SSSR count). The van der Waals surface area contributed by atoms with E-state index in [1.807, 2.05) is 90.1 Å². The Bertz CT molecular complexity index is 3760. The fourth-order valence-electron chi connectivity index (χ4n) is 8.28. The number of aromatic nitrogens is 2. The SMILES string of the molecule is COC(=O)Nc1cc(C(C)(C)C)cc(NC(=O)Nc2ccc(Oc3ccnc(C(=O)O)c3)c3ccccc23)c1OC.COC(=O)Nc1cc(C(C)(C)C)cc(NC(=O)Nc2ccc(Oc3ccnc(C(=O)OC)c3)c3ccccc23)c1OC. The summed E-state index contributed by atoms with van der Waals surface area (Å²) in [4.78, 5) is 81.5. The molecule has 0 radical (unpaired) electrons. The molecule has 7 N–H and O–H groups in total. The number of carbonyl (C=O) groups is 6. The summed E-state index contributed by atoms with van der Waals surface area (Å²) in [7, 11) is 6.68. The van der Waals surface area contributed by atoms with Crippen LogP contribution >= 0.6 is 0 Å². The van der Waals surface area contributed by atoms with Gasteiger partial charge in [-0.2, -0.15) is 0 Å². The molecule has 0 fully saturated rings. The van der Waals surface area contributed by atoms with Crippen LogP contribution in [0.5, 0.6) is 34.5 Å².